The van der Waals surface area contributed by atoms with E-state index in [1.165, 1.54) is 35.0 Å². The zero-order valence-electron chi connectivity index (χ0n) is 10.7. The third kappa shape index (κ3) is 3.06. The number of hydrogen-bond acceptors (Lipinski definition) is 5. The van der Waals surface area contributed by atoms with Gasteiger partial charge in [-0.05, 0) is 19.8 Å². The first kappa shape index (κ1) is 13.3. The number of hydrogen-bond donors (Lipinski definition) is 1. The molecule has 0 spiro atoms. The summed E-state index contributed by atoms with van der Waals surface area (Å²) in [5, 5.41) is 8.93. The molecule has 5 heteroatoms. The SMILES string of the molecule is Cc1nc(CCNC2CCC3SCCSC23)cs1. The minimum Gasteiger partial charge on any atom is -0.312 e. The summed E-state index contributed by atoms with van der Waals surface area (Å²) in [6.45, 7) is 3.17. The van der Waals surface area contributed by atoms with Crippen LogP contribution in [0.5, 0.6) is 0 Å². The predicted molar refractivity (Wildman–Crippen MR) is 84.1 cm³/mol. The highest BCUT2D eigenvalue weighted by atomic mass is 32.2. The van der Waals surface area contributed by atoms with Crippen LogP contribution in [0.3, 0.4) is 0 Å². The summed E-state index contributed by atoms with van der Waals surface area (Å²) in [4.78, 5) is 4.53. The van der Waals surface area contributed by atoms with Crippen molar-refractivity contribution < 1.29 is 0 Å². The van der Waals surface area contributed by atoms with Gasteiger partial charge in [-0.3, -0.25) is 0 Å². The smallest absolute Gasteiger partial charge is 0.0897 e. The summed E-state index contributed by atoms with van der Waals surface area (Å²) in [6, 6.07) is 0.743. The first-order valence-corrected chi connectivity index (χ1v) is 9.68. The third-order valence-corrected chi connectivity index (χ3v) is 7.84. The van der Waals surface area contributed by atoms with Gasteiger partial charge < -0.3 is 5.32 Å². The molecule has 0 aromatic carbocycles. The number of thiazole rings is 1. The lowest BCUT2D eigenvalue weighted by atomic mass is 10.2. The van der Waals surface area contributed by atoms with E-state index in [1.807, 2.05) is 0 Å². The molecule has 1 N–H and O–H groups in total. The number of aromatic nitrogens is 1. The molecule has 2 nitrogen and oxygen atoms in total. The van der Waals surface area contributed by atoms with Crippen LogP contribution in [0.2, 0.25) is 0 Å². The maximum absolute atomic E-state index is 4.53. The van der Waals surface area contributed by atoms with Crippen LogP contribution in [0.4, 0.5) is 0 Å². The molecule has 3 rings (SSSR count). The van der Waals surface area contributed by atoms with E-state index in [9.17, 15) is 0 Å². The molecule has 1 saturated carbocycles. The van der Waals surface area contributed by atoms with Gasteiger partial charge in [0.25, 0.3) is 0 Å². The van der Waals surface area contributed by atoms with Crippen molar-refractivity contribution in [3.05, 3.63) is 16.1 Å². The lowest BCUT2D eigenvalue weighted by Crippen LogP contribution is -2.39. The lowest BCUT2D eigenvalue weighted by molar-refractivity contribution is 0.534. The van der Waals surface area contributed by atoms with E-state index < -0.39 is 0 Å². The molecule has 1 aromatic heterocycles. The van der Waals surface area contributed by atoms with Crippen molar-refractivity contribution in [1.29, 1.82) is 0 Å². The van der Waals surface area contributed by atoms with E-state index in [-0.39, 0.29) is 0 Å². The van der Waals surface area contributed by atoms with Crippen LogP contribution in [0, 0.1) is 6.92 Å². The van der Waals surface area contributed by atoms with Crippen molar-refractivity contribution in [2.24, 2.45) is 0 Å². The Bertz CT molecular complexity index is 393. The van der Waals surface area contributed by atoms with Crippen LogP contribution in [-0.2, 0) is 6.42 Å². The second-order valence-electron chi connectivity index (χ2n) is 4.99. The van der Waals surface area contributed by atoms with Crippen LogP contribution in [0.25, 0.3) is 0 Å². The Morgan fingerprint density at radius 2 is 2.22 bits per heavy atom. The summed E-state index contributed by atoms with van der Waals surface area (Å²) in [7, 11) is 0. The molecule has 18 heavy (non-hydrogen) atoms. The van der Waals surface area contributed by atoms with Crippen molar-refractivity contribution in [2.75, 3.05) is 18.1 Å². The highest BCUT2D eigenvalue weighted by molar-refractivity contribution is 8.07. The Labute approximate surface area is 122 Å². The monoisotopic (exact) mass is 300 g/mol. The second kappa shape index (κ2) is 6.16. The van der Waals surface area contributed by atoms with Crippen LogP contribution >= 0.6 is 34.9 Å². The van der Waals surface area contributed by atoms with E-state index in [0.717, 1.165) is 29.5 Å². The third-order valence-electron chi connectivity index (χ3n) is 3.70. The molecule has 100 valence electrons. The van der Waals surface area contributed by atoms with Crippen molar-refractivity contribution in [3.63, 3.8) is 0 Å². The lowest BCUT2D eigenvalue weighted by Gasteiger charge is -2.28. The fourth-order valence-corrected chi connectivity index (χ4v) is 6.80. The van der Waals surface area contributed by atoms with Crippen LogP contribution in [0.15, 0.2) is 5.38 Å². The number of rotatable bonds is 4. The van der Waals surface area contributed by atoms with Crippen LogP contribution in [0.1, 0.15) is 23.5 Å². The molecular weight excluding hydrogens is 280 g/mol. The van der Waals surface area contributed by atoms with Gasteiger partial charge in [-0.25, -0.2) is 4.98 Å². The first-order valence-electron chi connectivity index (χ1n) is 6.70. The van der Waals surface area contributed by atoms with E-state index in [1.54, 1.807) is 11.3 Å². The molecule has 0 bridgehead atoms. The van der Waals surface area contributed by atoms with Gasteiger partial charge in [-0.1, -0.05) is 0 Å². The Kier molecular flexibility index (Phi) is 4.55. The number of nitrogens with zero attached hydrogens (tertiary/aromatic N) is 1. The number of aryl methyl sites for hydroxylation is 1. The van der Waals surface area contributed by atoms with Crippen molar-refractivity contribution >= 4 is 34.9 Å². The van der Waals surface area contributed by atoms with Gasteiger partial charge >= 0.3 is 0 Å². The molecule has 1 aromatic rings. The van der Waals surface area contributed by atoms with Crippen LogP contribution < -0.4 is 5.32 Å². The number of fused-ring (bicyclic) bond motifs is 1. The van der Waals surface area contributed by atoms with Crippen molar-refractivity contribution in [3.8, 4) is 0 Å². The van der Waals surface area contributed by atoms with Gasteiger partial charge in [-0.15, -0.1) is 11.3 Å². The Morgan fingerprint density at radius 1 is 1.33 bits per heavy atom. The molecule has 0 amide bonds. The summed E-state index contributed by atoms with van der Waals surface area (Å²) < 4.78 is 0. The fourth-order valence-electron chi connectivity index (χ4n) is 2.84. The van der Waals surface area contributed by atoms with E-state index in [4.69, 9.17) is 0 Å². The molecule has 3 atom stereocenters. The summed E-state index contributed by atoms with van der Waals surface area (Å²) >= 11 is 6.15. The second-order valence-corrected chi connectivity index (χ2v) is 8.69. The van der Waals surface area contributed by atoms with Gasteiger partial charge in [0.15, 0.2) is 0 Å². The standard InChI is InChI=1S/C13H20N2S3/c1-9-15-10(8-18-9)4-5-14-11-2-3-12-13(11)17-7-6-16-12/h8,11-14H,2-7H2,1H3. The molecule has 2 aliphatic rings. The summed E-state index contributed by atoms with van der Waals surface area (Å²) in [5.74, 6) is 2.70. The predicted octanol–water partition coefficient (Wildman–Crippen LogP) is 2.96. The maximum Gasteiger partial charge on any atom is 0.0897 e. The normalized spacial score (nSPS) is 31.5. The number of nitrogens with one attached hydrogen (secondary N) is 1. The Balaban J connectivity index is 1.46. The molecule has 1 saturated heterocycles. The Morgan fingerprint density at radius 3 is 3.06 bits per heavy atom. The molecule has 2 fully saturated rings. The topological polar surface area (TPSA) is 24.9 Å². The molecule has 1 aliphatic heterocycles. The van der Waals surface area contributed by atoms with Gasteiger partial charge in [0, 0.05) is 46.4 Å². The minimum atomic E-state index is 0.743. The number of thioether (sulfide) groups is 2. The van der Waals surface area contributed by atoms with Gasteiger partial charge in [-0.2, -0.15) is 23.5 Å². The minimum absolute atomic E-state index is 0.743. The average molecular weight is 301 g/mol. The Hall–Kier alpha value is 0.290. The highest BCUT2D eigenvalue weighted by Crippen LogP contribution is 2.41. The fraction of sp³-hybridized carbons (Fsp3) is 0.769. The average Bonchev–Trinajstić information content (AvgIpc) is 2.97. The van der Waals surface area contributed by atoms with Gasteiger partial charge in [0.05, 0.1) is 10.7 Å². The van der Waals surface area contributed by atoms with Gasteiger partial charge in [0.2, 0.25) is 0 Å². The summed E-state index contributed by atoms with van der Waals surface area (Å²) in [6.07, 6.45) is 3.86. The zero-order valence-corrected chi connectivity index (χ0v) is 13.2. The molecule has 3 unspecified atom stereocenters. The molecular formula is C13H20N2S3. The molecule has 2 heterocycles. The highest BCUT2D eigenvalue weighted by Gasteiger charge is 2.38. The largest absolute Gasteiger partial charge is 0.312 e. The summed E-state index contributed by atoms with van der Waals surface area (Å²) in [5.41, 5.74) is 1.25. The van der Waals surface area contributed by atoms with E-state index in [2.05, 4.69) is 46.1 Å². The molecule has 0 radical (unpaired) electrons. The van der Waals surface area contributed by atoms with Crippen LogP contribution in [-0.4, -0.2) is 39.6 Å². The molecule has 1 aliphatic carbocycles. The quantitative estimate of drug-likeness (QED) is 0.924. The van der Waals surface area contributed by atoms with E-state index >= 15 is 0 Å². The van der Waals surface area contributed by atoms with Crippen molar-refractivity contribution in [2.45, 2.75) is 42.7 Å². The zero-order chi connectivity index (χ0) is 12.4. The van der Waals surface area contributed by atoms with Crippen molar-refractivity contribution in [1.82, 2.24) is 10.3 Å². The van der Waals surface area contributed by atoms with Gasteiger partial charge in [0.1, 0.15) is 0 Å². The van der Waals surface area contributed by atoms with E-state index in [0.29, 0.717) is 0 Å². The first-order chi connectivity index (χ1) is 8.83. The maximum atomic E-state index is 4.53.